The molecule has 9 heteroatoms. The average Bonchev–Trinajstić information content (AvgIpc) is 3.22. The fourth-order valence-electron chi connectivity index (χ4n) is 1.79. The molecule has 0 bridgehead atoms. The van der Waals surface area contributed by atoms with Crippen LogP contribution in [0.4, 0.5) is 0 Å². The van der Waals surface area contributed by atoms with Crippen LogP contribution in [0.25, 0.3) is 0 Å². The van der Waals surface area contributed by atoms with Crippen molar-refractivity contribution in [3.63, 3.8) is 0 Å². The van der Waals surface area contributed by atoms with Crippen LogP contribution in [0.5, 0.6) is 0 Å². The third kappa shape index (κ3) is 5.39. The van der Waals surface area contributed by atoms with Crippen molar-refractivity contribution in [2.24, 2.45) is 0 Å². The van der Waals surface area contributed by atoms with Crippen molar-refractivity contribution in [3.8, 4) is 0 Å². The van der Waals surface area contributed by atoms with E-state index in [4.69, 9.17) is 16.0 Å². The maximum Gasteiger partial charge on any atom is 0.287 e. The Hall–Kier alpha value is -2.32. The van der Waals surface area contributed by atoms with Gasteiger partial charge in [0.2, 0.25) is 11.8 Å². The second-order valence-corrected chi connectivity index (χ2v) is 6.69. The zero-order valence-electron chi connectivity index (χ0n) is 12.9. The summed E-state index contributed by atoms with van der Waals surface area (Å²) in [5.74, 6) is -1.08. The van der Waals surface area contributed by atoms with Crippen LogP contribution in [-0.2, 0) is 16.1 Å². The third-order valence-electron chi connectivity index (χ3n) is 3.04. The van der Waals surface area contributed by atoms with Gasteiger partial charge in [-0.3, -0.25) is 14.4 Å². The first kappa shape index (κ1) is 18.0. The van der Waals surface area contributed by atoms with Crippen LogP contribution in [0.15, 0.2) is 34.9 Å². The first-order valence-electron chi connectivity index (χ1n) is 7.02. The van der Waals surface area contributed by atoms with E-state index < -0.39 is 11.8 Å². The molecule has 2 rings (SSSR count). The highest BCUT2D eigenvalue weighted by Gasteiger charge is 2.13. The molecule has 0 radical (unpaired) electrons. The Morgan fingerprint density at radius 2 is 2.00 bits per heavy atom. The molecule has 2 aromatic rings. The van der Waals surface area contributed by atoms with Gasteiger partial charge in [0, 0.05) is 11.9 Å². The van der Waals surface area contributed by atoms with Gasteiger partial charge in [-0.2, -0.15) is 0 Å². The Balaban J connectivity index is 1.68. The summed E-state index contributed by atoms with van der Waals surface area (Å²) >= 11 is 7.24. The number of nitrogens with one attached hydrogen (secondary N) is 2. The summed E-state index contributed by atoms with van der Waals surface area (Å²) in [5.41, 5.74) is 0. The van der Waals surface area contributed by atoms with E-state index >= 15 is 0 Å². The molecular weight excluding hydrogens is 354 g/mol. The van der Waals surface area contributed by atoms with E-state index in [0.717, 1.165) is 4.88 Å². The van der Waals surface area contributed by atoms with Crippen molar-refractivity contribution >= 4 is 40.7 Å². The normalized spacial score (nSPS) is 10.2. The highest BCUT2D eigenvalue weighted by Crippen LogP contribution is 2.22. The van der Waals surface area contributed by atoms with Gasteiger partial charge in [-0.05, 0) is 24.3 Å². The Labute approximate surface area is 147 Å². The van der Waals surface area contributed by atoms with Crippen LogP contribution in [-0.4, -0.2) is 42.8 Å². The Morgan fingerprint density at radius 3 is 2.62 bits per heavy atom. The van der Waals surface area contributed by atoms with Crippen LogP contribution >= 0.6 is 22.9 Å². The zero-order chi connectivity index (χ0) is 17.5. The molecule has 0 saturated carbocycles. The number of halogens is 1. The summed E-state index contributed by atoms with van der Waals surface area (Å²) < 4.78 is 5.56. The third-order valence-corrected chi connectivity index (χ3v) is 4.25. The number of hydrogen-bond donors (Lipinski definition) is 2. The van der Waals surface area contributed by atoms with Crippen molar-refractivity contribution in [2.75, 3.05) is 20.1 Å². The Morgan fingerprint density at radius 1 is 1.21 bits per heavy atom. The van der Waals surface area contributed by atoms with Crippen molar-refractivity contribution in [1.82, 2.24) is 15.5 Å². The van der Waals surface area contributed by atoms with E-state index in [0.29, 0.717) is 10.9 Å². The fraction of sp³-hybridized carbons (Fsp3) is 0.267. The lowest BCUT2D eigenvalue weighted by atomic mass is 10.4. The Kier molecular flexibility index (Phi) is 6.39. The smallest absolute Gasteiger partial charge is 0.287 e. The van der Waals surface area contributed by atoms with Crippen molar-refractivity contribution in [3.05, 3.63) is 45.5 Å². The van der Waals surface area contributed by atoms with Gasteiger partial charge in [0.25, 0.3) is 5.91 Å². The molecule has 0 aliphatic heterocycles. The van der Waals surface area contributed by atoms with Crippen LogP contribution < -0.4 is 10.6 Å². The topological polar surface area (TPSA) is 91.7 Å². The minimum atomic E-state index is -0.492. The quantitative estimate of drug-likeness (QED) is 0.773. The largest absolute Gasteiger partial charge is 0.459 e. The van der Waals surface area contributed by atoms with E-state index in [2.05, 4.69) is 10.6 Å². The molecule has 0 aliphatic rings. The van der Waals surface area contributed by atoms with Gasteiger partial charge in [-0.1, -0.05) is 11.6 Å². The lowest BCUT2D eigenvalue weighted by Crippen LogP contribution is -2.42. The molecule has 2 aromatic heterocycles. The van der Waals surface area contributed by atoms with Gasteiger partial charge in [-0.25, -0.2) is 0 Å². The highest BCUT2D eigenvalue weighted by atomic mass is 35.5. The number of rotatable bonds is 7. The molecule has 2 heterocycles. The lowest BCUT2D eigenvalue weighted by molar-refractivity contribution is -0.132. The number of hydrogen-bond acceptors (Lipinski definition) is 5. The predicted molar refractivity (Wildman–Crippen MR) is 89.9 cm³/mol. The fourth-order valence-corrected chi connectivity index (χ4v) is 2.93. The van der Waals surface area contributed by atoms with Gasteiger partial charge in [-0.15, -0.1) is 11.3 Å². The standard InChI is InChI=1S/C15H16ClN3O4S/c1-19(9-10-4-5-12(16)24-10)14(21)8-17-13(20)7-18-15(22)11-3-2-6-23-11/h2-6H,7-9H2,1H3,(H,17,20)(H,18,22). The summed E-state index contributed by atoms with van der Waals surface area (Å²) in [4.78, 5) is 37.7. The first-order chi connectivity index (χ1) is 11.5. The molecule has 0 unspecified atom stereocenters. The first-order valence-corrected chi connectivity index (χ1v) is 8.21. The van der Waals surface area contributed by atoms with Gasteiger partial charge < -0.3 is 20.0 Å². The molecule has 0 spiro atoms. The number of nitrogens with zero attached hydrogens (tertiary/aromatic N) is 1. The molecule has 2 N–H and O–H groups in total. The molecule has 0 aromatic carbocycles. The SMILES string of the molecule is CN(Cc1ccc(Cl)s1)C(=O)CNC(=O)CNC(=O)c1ccco1. The van der Waals surface area contributed by atoms with Crippen LogP contribution in [0.1, 0.15) is 15.4 Å². The molecule has 7 nitrogen and oxygen atoms in total. The molecular formula is C15H16ClN3O4S. The molecule has 0 aliphatic carbocycles. The molecule has 0 saturated heterocycles. The highest BCUT2D eigenvalue weighted by molar-refractivity contribution is 7.16. The molecule has 3 amide bonds. The van der Waals surface area contributed by atoms with E-state index in [-0.39, 0.29) is 24.8 Å². The minimum Gasteiger partial charge on any atom is -0.459 e. The van der Waals surface area contributed by atoms with Gasteiger partial charge >= 0.3 is 0 Å². The number of likely N-dealkylation sites (N-methyl/N-ethyl adjacent to an activating group) is 1. The van der Waals surface area contributed by atoms with E-state index in [1.807, 2.05) is 6.07 Å². The number of furan rings is 1. The molecule has 128 valence electrons. The lowest BCUT2D eigenvalue weighted by Gasteiger charge is -2.16. The minimum absolute atomic E-state index is 0.119. The van der Waals surface area contributed by atoms with E-state index in [1.54, 1.807) is 19.2 Å². The van der Waals surface area contributed by atoms with Gasteiger partial charge in [0.15, 0.2) is 5.76 Å². The number of thiophene rings is 1. The van der Waals surface area contributed by atoms with Crippen molar-refractivity contribution in [2.45, 2.75) is 6.54 Å². The molecule has 0 atom stereocenters. The molecule has 0 fully saturated rings. The maximum absolute atomic E-state index is 12.0. The van der Waals surface area contributed by atoms with Crippen LogP contribution in [0.3, 0.4) is 0 Å². The summed E-state index contributed by atoms with van der Waals surface area (Å²) in [5, 5.41) is 4.85. The van der Waals surface area contributed by atoms with E-state index in [9.17, 15) is 14.4 Å². The maximum atomic E-state index is 12.0. The van der Waals surface area contributed by atoms with Crippen LogP contribution in [0, 0.1) is 0 Å². The summed E-state index contributed by atoms with van der Waals surface area (Å²) in [6.45, 7) is 0.0312. The Bertz CT molecular complexity index is 714. The second kappa shape index (κ2) is 8.51. The molecule has 24 heavy (non-hydrogen) atoms. The zero-order valence-corrected chi connectivity index (χ0v) is 14.4. The van der Waals surface area contributed by atoms with Gasteiger partial charge in [0.05, 0.1) is 30.2 Å². The number of carbonyl (C=O) groups excluding carboxylic acids is 3. The van der Waals surface area contributed by atoms with E-state index in [1.165, 1.54) is 28.6 Å². The monoisotopic (exact) mass is 369 g/mol. The van der Waals surface area contributed by atoms with Crippen LogP contribution in [0.2, 0.25) is 4.34 Å². The van der Waals surface area contributed by atoms with Crippen molar-refractivity contribution < 1.29 is 18.8 Å². The predicted octanol–water partition coefficient (Wildman–Crippen LogP) is 1.50. The van der Waals surface area contributed by atoms with Gasteiger partial charge in [0.1, 0.15) is 0 Å². The van der Waals surface area contributed by atoms with Crippen molar-refractivity contribution in [1.29, 1.82) is 0 Å². The summed E-state index contributed by atoms with van der Waals surface area (Å²) in [7, 11) is 1.64. The number of carbonyl (C=O) groups is 3. The summed E-state index contributed by atoms with van der Waals surface area (Å²) in [6, 6.07) is 6.68. The number of amides is 3. The summed E-state index contributed by atoms with van der Waals surface area (Å²) in [6.07, 6.45) is 1.37. The second-order valence-electron chi connectivity index (χ2n) is 4.89. The average molecular weight is 370 g/mol.